The highest BCUT2D eigenvalue weighted by atomic mass is 16.5. The molecule has 1 aliphatic rings. The van der Waals surface area contributed by atoms with E-state index in [-0.39, 0.29) is 11.8 Å². The van der Waals surface area contributed by atoms with Gasteiger partial charge in [-0.25, -0.2) is 0 Å². The summed E-state index contributed by atoms with van der Waals surface area (Å²) >= 11 is 0. The van der Waals surface area contributed by atoms with E-state index >= 15 is 0 Å². The van der Waals surface area contributed by atoms with E-state index in [1.807, 2.05) is 12.1 Å². The first-order valence-corrected chi connectivity index (χ1v) is 7.69. The lowest BCUT2D eigenvalue weighted by molar-refractivity contribution is 0.0561. The molecule has 2 aromatic rings. The first-order chi connectivity index (χ1) is 11.3. The number of aromatic nitrogens is 1. The quantitative estimate of drug-likeness (QED) is 0.582. The Morgan fingerprint density at radius 3 is 2.22 bits per heavy atom. The van der Waals surface area contributed by atoms with E-state index in [1.165, 1.54) is 10.5 Å². The largest absolute Gasteiger partial charge is 0.380 e. The molecule has 1 aliphatic heterocycles. The summed E-state index contributed by atoms with van der Waals surface area (Å²) in [7, 11) is 0. The van der Waals surface area contributed by atoms with Gasteiger partial charge in [0.05, 0.1) is 24.3 Å². The van der Waals surface area contributed by atoms with Crippen molar-refractivity contribution in [3.63, 3.8) is 0 Å². The first kappa shape index (κ1) is 15.4. The highest BCUT2D eigenvalue weighted by Gasteiger charge is 2.34. The van der Waals surface area contributed by atoms with Gasteiger partial charge in [-0.15, -0.1) is 0 Å². The Hall–Kier alpha value is -2.53. The Labute approximate surface area is 134 Å². The fourth-order valence-corrected chi connectivity index (χ4v) is 2.63. The third-order valence-electron chi connectivity index (χ3n) is 3.84. The van der Waals surface area contributed by atoms with E-state index in [4.69, 9.17) is 4.74 Å². The molecule has 1 aromatic carbocycles. The summed E-state index contributed by atoms with van der Waals surface area (Å²) in [6.45, 7) is 1.26. The number of carbonyl (C=O) groups is 2. The lowest BCUT2D eigenvalue weighted by atomic mass is 10.1. The normalized spacial score (nSPS) is 13.5. The second-order valence-electron chi connectivity index (χ2n) is 5.38. The van der Waals surface area contributed by atoms with E-state index in [2.05, 4.69) is 4.98 Å². The molecule has 2 heterocycles. The summed E-state index contributed by atoms with van der Waals surface area (Å²) < 4.78 is 5.55. The predicted molar refractivity (Wildman–Crippen MR) is 85.2 cm³/mol. The summed E-state index contributed by atoms with van der Waals surface area (Å²) in [6.07, 6.45) is 5.37. The molecule has 0 bridgehead atoms. The first-order valence-electron chi connectivity index (χ1n) is 7.69. The van der Waals surface area contributed by atoms with Crippen molar-refractivity contribution in [2.24, 2.45) is 0 Å². The van der Waals surface area contributed by atoms with Crippen LogP contribution in [0.5, 0.6) is 0 Å². The van der Waals surface area contributed by atoms with Gasteiger partial charge in [0.25, 0.3) is 11.8 Å². The maximum atomic E-state index is 12.2. The Balaban J connectivity index is 1.40. The molecule has 0 aliphatic carbocycles. The van der Waals surface area contributed by atoms with E-state index in [0.717, 1.165) is 12.8 Å². The van der Waals surface area contributed by atoms with Gasteiger partial charge in [-0.3, -0.25) is 19.5 Å². The minimum atomic E-state index is -0.231. The lowest BCUT2D eigenvalue weighted by Crippen LogP contribution is -2.33. The van der Waals surface area contributed by atoms with Crippen molar-refractivity contribution in [2.45, 2.75) is 12.8 Å². The number of nitrogens with zero attached hydrogens (tertiary/aromatic N) is 2. The zero-order chi connectivity index (χ0) is 16.1. The van der Waals surface area contributed by atoms with Crippen LogP contribution in [0.15, 0.2) is 48.8 Å². The fraction of sp³-hybridized carbons (Fsp3) is 0.278. The van der Waals surface area contributed by atoms with Crippen molar-refractivity contribution in [2.75, 3.05) is 19.8 Å². The number of ether oxygens (including phenoxy) is 1. The molecule has 2 amide bonds. The van der Waals surface area contributed by atoms with Crippen LogP contribution in [-0.4, -0.2) is 41.5 Å². The molecule has 0 radical (unpaired) electrons. The number of aryl methyl sites for hydroxylation is 1. The summed E-state index contributed by atoms with van der Waals surface area (Å²) in [6, 6.07) is 10.9. The fourth-order valence-electron chi connectivity index (χ4n) is 2.63. The van der Waals surface area contributed by atoms with Crippen LogP contribution in [-0.2, 0) is 11.2 Å². The van der Waals surface area contributed by atoms with Crippen LogP contribution in [0.3, 0.4) is 0 Å². The molecule has 23 heavy (non-hydrogen) atoms. The van der Waals surface area contributed by atoms with Crippen molar-refractivity contribution in [1.82, 2.24) is 9.88 Å². The molecule has 3 rings (SSSR count). The number of imide groups is 1. The number of rotatable bonds is 7. The number of amides is 2. The summed E-state index contributed by atoms with van der Waals surface area (Å²) in [5.74, 6) is -0.461. The van der Waals surface area contributed by atoms with Crippen LogP contribution in [0.25, 0.3) is 0 Å². The van der Waals surface area contributed by atoms with Crippen LogP contribution in [0.2, 0.25) is 0 Å². The second-order valence-corrected chi connectivity index (χ2v) is 5.38. The van der Waals surface area contributed by atoms with Gasteiger partial charge in [-0.2, -0.15) is 0 Å². The highest BCUT2D eigenvalue weighted by Crippen LogP contribution is 2.21. The monoisotopic (exact) mass is 310 g/mol. The van der Waals surface area contributed by atoms with Gasteiger partial charge in [0.2, 0.25) is 0 Å². The van der Waals surface area contributed by atoms with Crippen LogP contribution >= 0.6 is 0 Å². The maximum Gasteiger partial charge on any atom is 0.261 e. The van der Waals surface area contributed by atoms with Gasteiger partial charge in [-0.1, -0.05) is 12.1 Å². The number of hydrogen-bond acceptors (Lipinski definition) is 4. The molecule has 0 N–H and O–H groups in total. The number of benzene rings is 1. The lowest BCUT2D eigenvalue weighted by Gasteiger charge is -2.13. The Morgan fingerprint density at radius 1 is 0.913 bits per heavy atom. The molecule has 0 atom stereocenters. The molecule has 0 saturated heterocycles. The Morgan fingerprint density at radius 2 is 1.57 bits per heavy atom. The summed E-state index contributed by atoms with van der Waals surface area (Å²) in [4.78, 5) is 29.5. The van der Waals surface area contributed by atoms with Crippen LogP contribution in [0, 0.1) is 0 Å². The standard InChI is InChI=1S/C18H18N2O3/c21-17-15-5-1-2-6-16(15)18(22)20(17)11-13-23-12-3-4-14-7-9-19-10-8-14/h1-2,5-10H,3-4,11-13H2. The van der Waals surface area contributed by atoms with Gasteiger partial charge in [0.1, 0.15) is 0 Å². The SMILES string of the molecule is O=C1c2ccccc2C(=O)N1CCOCCCc1ccncc1. The van der Waals surface area contributed by atoms with Crippen molar-refractivity contribution in [3.8, 4) is 0 Å². The van der Waals surface area contributed by atoms with E-state index < -0.39 is 0 Å². The molecular formula is C18H18N2O3. The zero-order valence-corrected chi connectivity index (χ0v) is 12.8. The molecule has 0 fully saturated rings. The average Bonchev–Trinajstić information content (AvgIpc) is 2.84. The minimum Gasteiger partial charge on any atom is -0.380 e. The molecule has 5 heteroatoms. The van der Waals surface area contributed by atoms with Crippen LogP contribution in [0.4, 0.5) is 0 Å². The molecule has 0 unspecified atom stereocenters. The number of pyridine rings is 1. The number of fused-ring (bicyclic) bond motifs is 1. The Bertz CT molecular complexity index is 665. The number of carbonyl (C=O) groups excluding carboxylic acids is 2. The number of hydrogen-bond donors (Lipinski definition) is 0. The van der Waals surface area contributed by atoms with Crippen molar-refractivity contribution in [1.29, 1.82) is 0 Å². The average molecular weight is 310 g/mol. The predicted octanol–water partition coefficient (Wildman–Crippen LogP) is 2.33. The molecule has 0 spiro atoms. The minimum absolute atomic E-state index is 0.231. The van der Waals surface area contributed by atoms with Gasteiger partial charge in [-0.05, 0) is 42.7 Å². The van der Waals surface area contributed by atoms with Gasteiger partial charge in [0.15, 0.2) is 0 Å². The van der Waals surface area contributed by atoms with E-state index in [0.29, 0.717) is 30.9 Å². The van der Waals surface area contributed by atoms with Crippen LogP contribution in [0.1, 0.15) is 32.7 Å². The van der Waals surface area contributed by atoms with E-state index in [1.54, 1.807) is 36.7 Å². The second kappa shape index (κ2) is 7.15. The molecule has 118 valence electrons. The Kier molecular flexibility index (Phi) is 4.78. The topological polar surface area (TPSA) is 59.5 Å². The van der Waals surface area contributed by atoms with Crippen molar-refractivity contribution in [3.05, 3.63) is 65.5 Å². The van der Waals surface area contributed by atoms with Crippen LogP contribution < -0.4 is 0 Å². The molecule has 1 aromatic heterocycles. The van der Waals surface area contributed by atoms with Gasteiger partial charge in [0, 0.05) is 19.0 Å². The molecule has 0 saturated carbocycles. The zero-order valence-electron chi connectivity index (χ0n) is 12.8. The van der Waals surface area contributed by atoms with Crippen molar-refractivity contribution < 1.29 is 14.3 Å². The summed E-state index contributed by atoms with van der Waals surface area (Å²) in [5.41, 5.74) is 2.19. The van der Waals surface area contributed by atoms with Gasteiger partial charge >= 0.3 is 0 Å². The maximum absolute atomic E-state index is 12.2. The molecular weight excluding hydrogens is 292 g/mol. The molecule has 5 nitrogen and oxygen atoms in total. The van der Waals surface area contributed by atoms with Gasteiger partial charge < -0.3 is 4.74 Å². The van der Waals surface area contributed by atoms with Crippen molar-refractivity contribution >= 4 is 11.8 Å². The highest BCUT2D eigenvalue weighted by molar-refractivity contribution is 6.21. The smallest absolute Gasteiger partial charge is 0.261 e. The van der Waals surface area contributed by atoms with E-state index in [9.17, 15) is 9.59 Å². The summed E-state index contributed by atoms with van der Waals surface area (Å²) in [5, 5.41) is 0. The third-order valence-corrected chi connectivity index (χ3v) is 3.84. The third kappa shape index (κ3) is 3.46.